The van der Waals surface area contributed by atoms with Gasteiger partial charge in [-0.05, 0) is 133 Å². The van der Waals surface area contributed by atoms with Gasteiger partial charge in [-0.15, -0.1) is 0 Å². The standard InChI is InChI=1S/C73H62N4/c1-71(2,3)52-28-34-63-59(40-52)56-31-25-49(46-19-13-10-14-20-46)37-66(56)75(63)55-43-69(76-64-35-29-53(72(4,5)6)41-60(64)57-32-26-50(38-67(57)76)47-21-15-11-16-22-47)62(45-74)70(44-55)77-65-36-30-54(73(7,8)9)42-61(65)58-33-27-51(39-68(58)77)48-23-17-12-18-24-48/h10-44H,1-9H3. The highest BCUT2D eigenvalue weighted by atomic mass is 15.0. The van der Waals surface area contributed by atoms with Crippen molar-refractivity contribution >= 4 is 65.4 Å². The number of hydrogen-bond donors (Lipinski definition) is 0. The number of benzene rings is 10. The Bertz CT molecular complexity index is 4340. The van der Waals surface area contributed by atoms with Crippen molar-refractivity contribution in [3.8, 4) is 56.5 Å². The van der Waals surface area contributed by atoms with E-state index < -0.39 is 0 Å². The van der Waals surface area contributed by atoms with Crippen LogP contribution in [0.3, 0.4) is 0 Å². The number of aromatic nitrogens is 3. The van der Waals surface area contributed by atoms with Gasteiger partial charge in [0.2, 0.25) is 0 Å². The Morgan fingerprint density at radius 1 is 0.286 bits per heavy atom. The second kappa shape index (κ2) is 17.6. The van der Waals surface area contributed by atoms with Crippen LogP contribution in [0.25, 0.3) is 116 Å². The molecular weight excluding hydrogens is 933 g/mol. The molecule has 0 N–H and O–H groups in total. The van der Waals surface area contributed by atoms with Crippen LogP contribution in [0.2, 0.25) is 0 Å². The molecule has 0 radical (unpaired) electrons. The molecule has 13 rings (SSSR count). The summed E-state index contributed by atoms with van der Waals surface area (Å²) in [5.41, 5.74) is 19.9. The molecule has 10 aromatic carbocycles. The van der Waals surface area contributed by atoms with Gasteiger partial charge in [0.15, 0.2) is 0 Å². The van der Waals surface area contributed by atoms with Crippen LogP contribution in [0, 0.1) is 11.3 Å². The predicted octanol–water partition coefficient (Wildman–Crippen LogP) is 19.7. The van der Waals surface area contributed by atoms with Gasteiger partial charge >= 0.3 is 0 Å². The number of fused-ring (bicyclic) bond motifs is 9. The van der Waals surface area contributed by atoms with Crippen molar-refractivity contribution in [1.82, 2.24) is 13.7 Å². The molecule has 0 spiro atoms. The molecule has 3 aromatic heterocycles. The molecule has 0 atom stereocenters. The normalized spacial score (nSPS) is 12.5. The minimum atomic E-state index is -0.0819. The van der Waals surface area contributed by atoms with Crippen molar-refractivity contribution in [3.63, 3.8) is 0 Å². The van der Waals surface area contributed by atoms with Crippen molar-refractivity contribution < 1.29 is 0 Å². The van der Waals surface area contributed by atoms with E-state index in [0.717, 1.165) is 105 Å². The van der Waals surface area contributed by atoms with Crippen molar-refractivity contribution in [2.75, 3.05) is 0 Å². The average molecular weight is 995 g/mol. The summed E-state index contributed by atoms with van der Waals surface area (Å²) in [6.07, 6.45) is 0. The van der Waals surface area contributed by atoms with Crippen molar-refractivity contribution in [2.45, 2.75) is 78.6 Å². The molecule has 4 nitrogen and oxygen atoms in total. The molecule has 13 aromatic rings. The Balaban J connectivity index is 1.22. The zero-order valence-corrected chi connectivity index (χ0v) is 45.5. The Labute approximate surface area is 451 Å². The van der Waals surface area contributed by atoms with E-state index in [1.165, 1.54) is 27.5 Å². The first-order valence-electron chi connectivity index (χ1n) is 27.1. The second-order valence-corrected chi connectivity index (χ2v) is 24.2. The van der Waals surface area contributed by atoms with E-state index in [0.29, 0.717) is 5.56 Å². The third-order valence-electron chi connectivity index (χ3n) is 16.2. The van der Waals surface area contributed by atoms with Gasteiger partial charge in [0.1, 0.15) is 11.6 Å². The first-order valence-corrected chi connectivity index (χ1v) is 27.1. The first-order chi connectivity index (χ1) is 37.0. The average Bonchev–Trinajstić information content (AvgIpc) is 4.28. The SMILES string of the molecule is CC(C)(C)c1ccc2c(c1)c1ccc(-c3ccccc3)cc1n2-c1cc(-n2c3ccc(C(C)(C)C)cc3c3ccc(-c4ccccc4)cc32)c(C#N)c(-n2c3ccc(C(C)(C)C)cc3c3ccc(-c4ccccc4)cc32)c1. The Morgan fingerprint density at radius 3 is 0.909 bits per heavy atom. The Hall–Kier alpha value is -8.91. The molecule has 0 saturated carbocycles. The van der Waals surface area contributed by atoms with Crippen LogP contribution < -0.4 is 0 Å². The third-order valence-corrected chi connectivity index (χ3v) is 16.2. The summed E-state index contributed by atoms with van der Waals surface area (Å²) in [4.78, 5) is 0. The summed E-state index contributed by atoms with van der Waals surface area (Å²) in [7, 11) is 0. The van der Waals surface area contributed by atoms with E-state index >= 15 is 0 Å². The van der Waals surface area contributed by atoms with E-state index in [4.69, 9.17) is 0 Å². The van der Waals surface area contributed by atoms with E-state index in [9.17, 15) is 5.26 Å². The van der Waals surface area contributed by atoms with Crippen LogP contribution in [0.5, 0.6) is 0 Å². The first kappa shape index (κ1) is 47.8. The smallest absolute Gasteiger partial charge is 0.104 e. The fourth-order valence-corrected chi connectivity index (χ4v) is 11.9. The summed E-state index contributed by atoms with van der Waals surface area (Å²) in [6.45, 7) is 20.6. The predicted molar refractivity (Wildman–Crippen MR) is 327 cm³/mol. The van der Waals surface area contributed by atoms with Gasteiger partial charge in [-0.25, -0.2) is 0 Å². The third kappa shape index (κ3) is 7.95. The van der Waals surface area contributed by atoms with Gasteiger partial charge in [0.25, 0.3) is 0 Å². The molecule has 0 aliphatic carbocycles. The number of rotatable bonds is 6. The fourth-order valence-electron chi connectivity index (χ4n) is 11.9. The van der Waals surface area contributed by atoms with Crippen LogP contribution >= 0.6 is 0 Å². The van der Waals surface area contributed by atoms with Gasteiger partial charge in [0.05, 0.1) is 50.2 Å². The zero-order chi connectivity index (χ0) is 53.1. The zero-order valence-electron chi connectivity index (χ0n) is 45.5. The van der Waals surface area contributed by atoms with E-state index in [-0.39, 0.29) is 16.2 Å². The molecule has 77 heavy (non-hydrogen) atoms. The molecule has 0 amide bonds. The van der Waals surface area contributed by atoms with Gasteiger partial charge in [-0.1, -0.05) is 208 Å². The molecule has 4 heteroatoms. The lowest BCUT2D eigenvalue weighted by Crippen LogP contribution is -2.11. The van der Waals surface area contributed by atoms with Crippen molar-refractivity contribution in [1.29, 1.82) is 5.26 Å². The van der Waals surface area contributed by atoms with Crippen LogP contribution in [0.4, 0.5) is 0 Å². The highest BCUT2D eigenvalue weighted by Gasteiger charge is 2.27. The maximum absolute atomic E-state index is 12.2. The van der Waals surface area contributed by atoms with Gasteiger partial charge in [-0.2, -0.15) is 5.26 Å². The van der Waals surface area contributed by atoms with E-state index in [1.807, 2.05) is 0 Å². The summed E-state index contributed by atoms with van der Waals surface area (Å²) >= 11 is 0. The van der Waals surface area contributed by atoms with Crippen LogP contribution in [-0.4, -0.2) is 13.7 Å². The molecule has 0 bridgehead atoms. The maximum atomic E-state index is 12.2. The highest BCUT2D eigenvalue weighted by molar-refractivity contribution is 6.14. The minimum absolute atomic E-state index is 0.0641. The summed E-state index contributed by atoms with van der Waals surface area (Å²) in [5.74, 6) is 0. The quantitative estimate of drug-likeness (QED) is 0.164. The summed E-state index contributed by atoms with van der Waals surface area (Å²) in [6, 6.07) is 81.0. The van der Waals surface area contributed by atoms with Crippen molar-refractivity contribution in [3.05, 3.63) is 235 Å². The lowest BCUT2D eigenvalue weighted by atomic mass is 9.86. The molecule has 0 saturated heterocycles. The topological polar surface area (TPSA) is 38.6 Å². The fraction of sp³-hybridized carbons (Fsp3) is 0.164. The van der Waals surface area contributed by atoms with Gasteiger partial charge in [0, 0.05) is 32.3 Å². The Kier molecular flexibility index (Phi) is 10.9. The van der Waals surface area contributed by atoms with Crippen LogP contribution in [0.15, 0.2) is 212 Å². The lowest BCUT2D eigenvalue weighted by molar-refractivity contribution is 0.591. The monoisotopic (exact) mass is 994 g/mol. The van der Waals surface area contributed by atoms with Gasteiger partial charge < -0.3 is 13.7 Å². The lowest BCUT2D eigenvalue weighted by Gasteiger charge is -2.21. The highest BCUT2D eigenvalue weighted by Crippen LogP contribution is 2.45. The number of nitrogens with zero attached hydrogens (tertiary/aromatic N) is 4. The second-order valence-electron chi connectivity index (χ2n) is 24.2. The molecular formula is C73H62N4. The van der Waals surface area contributed by atoms with Crippen molar-refractivity contribution in [2.24, 2.45) is 0 Å². The number of nitriles is 1. The molecule has 0 fully saturated rings. The molecule has 0 unspecified atom stereocenters. The molecule has 0 aliphatic rings. The molecule has 0 aliphatic heterocycles. The van der Waals surface area contributed by atoms with Crippen LogP contribution in [-0.2, 0) is 16.2 Å². The largest absolute Gasteiger partial charge is 0.309 e. The van der Waals surface area contributed by atoms with E-state index in [2.05, 4.69) is 294 Å². The minimum Gasteiger partial charge on any atom is -0.309 e. The van der Waals surface area contributed by atoms with E-state index in [1.54, 1.807) is 0 Å². The summed E-state index contributed by atoms with van der Waals surface area (Å²) in [5, 5.41) is 19.2. The molecule has 3 heterocycles. The summed E-state index contributed by atoms with van der Waals surface area (Å²) < 4.78 is 7.23. The van der Waals surface area contributed by atoms with Crippen LogP contribution in [0.1, 0.15) is 84.6 Å². The Morgan fingerprint density at radius 2 is 0.597 bits per heavy atom. The number of hydrogen-bond acceptors (Lipinski definition) is 1. The molecule has 374 valence electrons. The van der Waals surface area contributed by atoms with Gasteiger partial charge in [-0.3, -0.25) is 0 Å². The maximum Gasteiger partial charge on any atom is 0.104 e.